The highest BCUT2D eigenvalue weighted by atomic mass is 16.2. The summed E-state index contributed by atoms with van der Waals surface area (Å²) in [5.74, 6) is 0.433. The molecule has 0 aliphatic carbocycles. The molecule has 3 heterocycles. The Morgan fingerprint density at radius 3 is 3.05 bits per heavy atom. The molecule has 7 heteroatoms. The van der Waals surface area contributed by atoms with Crippen LogP contribution in [0.3, 0.4) is 0 Å². The molecule has 1 aliphatic rings. The number of nitrogens with one attached hydrogen (secondary N) is 2. The SMILES string of the molecule is O=C1CCC(C(=O)NCc2cccnc2-n2cccn2)N1. The Morgan fingerprint density at radius 2 is 2.33 bits per heavy atom. The molecule has 3 rings (SSSR count). The molecule has 1 atom stereocenters. The number of nitrogens with zero attached hydrogens (tertiary/aromatic N) is 3. The van der Waals surface area contributed by atoms with Crippen molar-refractivity contribution in [1.82, 2.24) is 25.4 Å². The van der Waals surface area contributed by atoms with Gasteiger partial charge in [-0.1, -0.05) is 6.07 Å². The van der Waals surface area contributed by atoms with E-state index in [1.165, 1.54) is 0 Å². The second-order valence-electron chi connectivity index (χ2n) is 4.81. The number of pyridine rings is 1. The summed E-state index contributed by atoms with van der Waals surface area (Å²) in [6, 6.07) is 5.08. The first-order chi connectivity index (χ1) is 10.2. The van der Waals surface area contributed by atoms with Crippen molar-refractivity contribution in [3.63, 3.8) is 0 Å². The first-order valence-electron chi connectivity index (χ1n) is 6.75. The van der Waals surface area contributed by atoms with Crippen molar-refractivity contribution < 1.29 is 9.59 Å². The van der Waals surface area contributed by atoms with Crippen LogP contribution in [0.25, 0.3) is 5.82 Å². The van der Waals surface area contributed by atoms with E-state index in [1.54, 1.807) is 23.3 Å². The lowest BCUT2D eigenvalue weighted by molar-refractivity contribution is -0.125. The quantitative estimate of drug-likeness (QED) is 0.837. The van der Waals surface area contributed by atoms with E-state index in [-0.39, 0.29) is 11.8 Å². The number of carbonyl (C=O) groups excluding carboxylic acids is 2. The van der Waals surface area contributed by atoms with Crippen LogP contribution in [0.1, 0.15) is 18.4 Å². The van der Waals surface area contributed by atoms with Crippen molar-refractivity contribution in [1.29, 1.82) is 0 Å². The maximum Gasteiger partial charge on any atom is 0.242 e. The number of carbonyl (C=O) groups is 2. The van der Waals surface area contributed by atoms with Crippen LogP contribution < -0.4 is 10.6 Å². The minimum absolute atomic E-state index is 0.0752. The molecule has 0 radical (unpaired) electrons. The molecule has 2 N–H and O–H groups in total. The van der Waals surface area contributed by atoms with E-state index < -0.39 is 6.04 Å². The Balaban J connectivity index is 1.68. The van der Waals surface area contributed by atoms with Crippen LogP contribution >= 0.6 is 0 Å². The summed E-state index contributed by atoms with van der Waals surface area (Å²) < 4.78 is 1.65. The maximum atomic E-state index is 12.0. The number of hydrogen-bond donors (Lipinski definition) is 2. The normalized spacial score (nSPS) is 17.5. The van der Waals surface area contributed by atoms with Gasteiger partial charge in [0, 0.05) is 37.1 Å². The molecule has 1 unspecified atom stereocenters. The van der Waals surface area contributed by atoms with Gasteiger partial charge in [0.2, 0.25) is 11.8 Å². The number of aromatic nitrogens is 3. The zero-order valence-electron chi connectivity index (χ0n) is 11.3. The van der Waals surface area contributed by atoms with E-state index in [9.17, 15) is 9.59 Å². The van der Waals surface area contributed by atoms with Gasteiger partial charge in [0.05, 0.1) is 0 Å². The lowest BCUT2D eigenvalue weighted by atomic mass is 10.2. The monoisotopic (exact) mass is 285 g/mol. The second kappa shape index (κ2) is 5.74. The lowest BCUT2D eigenvalue weighted by Gasteiger charge is -2.12. The molecule has 0 bridgehead atoms. The van der Waals surface area contributed by atoms with Crippen molar-refractivity contribution >= 4 is 11.8 Å². The van der Waals surface area contributed by atoms with Crippen LogP contribution in [0.5, 0.6) is 0 Å². The molecule has 0 saturated carbocycles. The molecular formula is C14H15N5O2. The van der Waals surface area contributed by atoms with Crippen LogP contribution in [0.4, 0.5) is 0 Å². The molecule has 21 heavy (non-hydrogen) atoms. The minimum atomic E-state index is -0.428. The van der Waals surface area contributed by atoms with Gasteiger partial charge >= 0.3 is 0 Å². The van der Waals surface area contributed by atoms with E-state index in [2.05, 4.69) is 20.7 Å². The third kappa shape index (κ3) is 2.91. The van der Waals surface area contributed by atoms with Crippen LogP contribution in [-0.2, 0) is 16.1 Å². The predicted octanol–water partition coefficient (Wildman–Crippen LogP) is 0.162. The molecule has 7 nitrogen and oxygen atoms in total. The largest absolute Gasteiger partial charge is 0.350 e. The Bertz CT molecular complexity index is 653. The van der Waals surface area contributed by atoms with Crippen LogP contribution in [0.15, 0.2) is 36.8 Å². The van der Waals surface area contributed by atoms with E-state index in [1.807, 2.05) is 18.2 Å². The zero-order chi connectivity index (χ0) is 14.7. The third-order valence-corrected chi connectivity index (χ3v) is 3.35. The van der Waals surface area contributed by atoms with Crippen LogP contribution in [-0.4, -0.2) is 32.6 Å². The number of amides is 2. The Morgan fingerprint density at radius 1 is 1.43 bits per heavy atom. The van der Waals surface area contributed by atoms with Gasteiger partial charge in [0.15, 0.2) is 5.82 Å². The van der Waals surface area contributed by atoms with Gasteiger partial charge in [-0.05, 0) is 18.6 Å². The first kappa shape index (κ1) is 13.3. The van der Waals surface area contributed by atoms with Crippen molar-refractivity contribution in [2.45, 2.75) is 25.4 Å². The molecule has 0 aromatic carbocycles. The van der Waals surface area contributed by atoms with Crippen molar-refractivity contribution in [3.05, 3.63) is 42.4 Å². The minimum Gasteiger partial charge on any atom is -0.350 e. The summed E-state index contributed by atoms with van der Waals surface area (Å²) >= 11 is 0. The van der Waals surface area contributed by atoms with Gasteiger partial charge in [0.25, 0.3) is 0 Å². The van der Waals surface area contributed by atoms with E-state index >= 15 is 0 Å². The summed E-state index contributed by atoms with van der Waals surface area (Å²) in [6.07, 6.45) is 6.10. The van der Waals surface area contributed by atoms with E-state index in [0.717, 1.165) is 5.56 Å². The smallest absolute Gasteiger partial charge is 0.242 e. The Kier molecular flexibility index (Phi) is 3.63. The van der Waals surface area contributed by atoms with Crippen molar-refractivity contribution in [3.8, 4) is 5.82 Å². The fraction of sp³-hybridized carbons (Fsp3) is 0.286. The standard InChI is InChI=1S/C14H15N5O2/c20-12-5-4-11(18-12)14(21)16-9-10-3-1-6-15-13(10)19-8-2-7-17-19/h1-3,6-8,11H,4-5,9H2,(H,16,21)(H,18,20). The fourth-order valence-electron chi connectivity index (χ4n) is 2.28. The summed E-state index contributed by atoms with van der Waals surface area (Å²) in [4.78, 5) is 27.4. The summed E-state index contributed by atoms with van der Waals surface area (Å²) in [6.45, 7) is 0.342. The molecule has 1 saturated heterocycles. The summed E-state index contributed by atoms with van der Waals surface area (Å²) in [5, 5.41) is 9.62. The van der Waals surface area contributed by atoms with E-state index in [0.29, 0.717) is 25.2 Å². The maximum absolute atomic E-state index is 12.0. The number of hydrogen-bond acceptors (Lipinski definition) is 4. The Labute approximate surface area is 121 Å². The predicted molar refractivity (Wildman–Crippen MR) is 74.4 cm³/mol. The highest BCUT2D eigenvalue weighted by Crippen LogP contribution is 2.11. The Hall–Kier alpha value is -2.70. The molecular weight excluding hydrogens is 270 g/mol. The van der Waals surface area contributed by atoms with Crippen molar-refractivity contribution in [2.24, 2.45) is 0 Å². The molecule has 108 valence electrons. The zero-order valence-corrected chi connectivity index (χ0v) is 11.3. The lowest BCUT2D eigenvalue weighted by Crippen LogP contribution is -2.41. The van der Waals surface area contributed by atoms with Crippen LogP contribution in [0, 0.1) is 0 Å². The fourth-order valence-corrected chi connectivity index (χ4v) is 2.28. The number of rotatable bonds is 4. The molecule has 1 aliphatic heterocycles. The van der Waals surface area contributed by atoms with E-state index in [4.69, 9.17) is 0 Å². The average Bonchev–Trinajstić information content (AvgIpc) is 3.16. The third-order valence-electron chi connectivity index (χ3n) is 3.35. The first-order valence-corrected chi connectivity index (χ1v) is 6.75. The van der Waals surface area contributed by atoms with Gasteiger partial charge in [-0.15, -0.1) is 0 Å². The summed E-state index contributed by atoms with van der Waals surface area (Å²) in [7, 11) is 0. The molecule has 0 spiro atoms. The summed E-state index contributed by atoms with van der Waals surface area (Å²) in [5.41, 5.74) is 0.860. The second-order valence-corrected chi connectivity index (χ2v) is 4.81. The molecule has 2 aromatic rings. The van der Waals surface area contributed by atoms with Gasteiger partial charge in [-0.2, -0.15) is 5.10 Å². The van der Waals surface area contributed by atoms with Gasteiger partial charge < -0.3 is 10.6 Å². The van der Waals surface area contributed by atoms with Crippen molar-refractivity contribution in [2.75, 3.05) is 0 Å². The van der Waals surface area contributed by atoms with Gasteiger partial charge in [-0.25, -0.2) is 9.67 Å². The highest BCUT2D eigenvalue weighted by molar-refractivity contribution is 5.90. The average molecular weight is 285 g/mol. The van der Waals surface area contributed by atoms with Crippen LogP contribution in [0.2, 0.25) is 0 Å². The molecule has 2 aromatic heterocycles. The highest BCUT2D eigenvalue weighted by Gasteiger charge is 2.26. The topological polar surface area (TPSA) is 88.9 Å². The van der Waals surface area contributed by atoms with Gasteiger partial charge in [0.1, 0.15) is 6.04 Å². The van der Waals surface area contributed by atoms with Gasteiger partial charge in [-0.3, -0.25) is 9.59 Å². The molecule has 2 amide bonds. The molecule has 1 fully saturated rings.